The molecule has 4 heteroatoms. The lowest BCUT2D eigenvalue weighted by atomic mass is 10.0. The van der Waals surface area contributed by atoms with Gasteiger partial charge >= 0.3 is 0 Å². The van der Waals surface area contributed by atoms with Crippen LogP contribution in [0.2, 0.25) is 0 Å². The van der Waals surface area contributed by atoms with Gasteiger partial charge in [0, 0.05) is 43.0 Å². The second-order valence-corrected chi connectivity index (χ2v) is 7.21. The molecule has 3 aromatic rings. The van der Waals surface area contributed by atoms with E-state index in [4.69, 9.17) is 0 Å². The number of hydrogen-bond acceptors (Lipinski definition) is 3. The third-order valence-corrected chi connectivity index (χ3v) is 5.31. The van der Waals surface area contributed by atoms with E-state index in [0.29, 0.717) is 0 Å². The van der Waals surface area contributed by atoms with Gasteiger partial charge in [0.1, 0.15) is 0 Å². The second-order valence-electron chi connectivity index (χ2n) is 7.21. The molecule has 0 aliphatic carbocycles. The molecule has 0 aliphatic rings. The van der Waals surface area contributed by atoms with E-state index >= 15 is 0 Å². The highest BCUT2D eigenvalue weighted by Gasteiger charge is 2.21. The summed E-state index contributed by atoms with van der Waals surface area (Å²) in [4.78, 5) is 16.1. The molecule has 0 fully saturated rings. The topological polar surface area (TPSA) is 35.6 Å². The van der Waals surface area contributed by atoms with Gasteiger partial charge in [0.25, 0.3) is 0 Å². The fourth-order valence-corrected chi connectivity index (χ4v) is 3.86. The average Bonchev–Trinajstić information content (AvgIpc) is 2.67. The molecule has 0 heterocycles. The van der Waals surface area contributed by atoms with E-state index in [2.05, 4.69) is 85.4 Å². The van der Waals surface area contributed by atoms with Crippen molar-refractivity contribution in [1.29, 1.82) is 0 Å². The fraction of sp³-hybridized carbons (Fsp3) is 0.292. The second kappa shape index (κ2) is 8.34. The normalized spacial score (nSPS) is 11.9. The van der Waals surface area contributed by atoms with Crippen LogP contribution in [-0.4, -0.2) is 25.7 Å². The molecule has 28 heavy (non-hydrogen) atoms. The van der Waals surface area contributed by atoms with E-state index in [0.717, 1.165) is 17.9 Å². The van der Waals surface area contributed by atoms with Crippen molar-refractivity contribution in [2.45, 2.75) is 33.9 Å². The van der Waals surface area contributed by atoms with Crippen LogP contribution in [0.3, 0.4) is 0 Å². The van der Waals surface area contributed by atoms with E-state index in [1.807, 2.05) is 18.2 Å². The first-order valence-electron chi connectivity index (χ1n) is 9.78. The Morgan fingerprint density at radius 2 is 1.82 bits per heavy atom. The predicted octanol–water partition coefficient (Wildman–Crippen LogP) is 5.42. The molecule has 0 saturated carbocycles. The highest BCUT2D eigenvalue weighted by Crippen LogP contribution is 2.32. The molecule has 0 radical (unpaired) electrons. The molecule has 0 aromatic heterocycles. The number of rotatable bonds is 6. The Labute approximate surface area is 167 Å². The van der Waals surface area contributed by atoms with Crippen molar-refractivity contribution in [1.82, 2.24) is 0 Å². The molecule has 3 rings (SSSR count). The van der Waals surface area contributed by atoms with Gasteiger partial charge in [0.05, 0.1) is 6.17 Å². The van der Waals surface area contributed by atoms with Crippen molar-refractivity contribution in [3.63, 3.8) is 0 Å². The highest BCUT2D eigenvalue weighted by molar-refractivity contribution is 5.96. The SMILES string of the molecule is CCN(c1cccc(NC(C)=O)c1)C(C)N(C)c1c(C)ccc2ccccc12. The van der Waals surface area contributed by atoms with Gasteiger partial charge in [-0.2, -0.15) is 0 Å². The summed E-state index contributed by atoms with van der Waals surface area (Å²) in [6.45, 7) is 8.93. The van der Waals surface area contributed by atoms with Gasteiger partial charge in [0.2, 0.25) is 5.91 Å². The number of amides is 1. The van der Waals surface area contributed by atoms with Crippen LogP contribution in [0.4, 0.5) is 17.1 Å². The van der Waals surface area contributed by atoms with Gasteiger partial charge in [-0.05, 0) is 49.9 Å². The van der Waals surface area contributed by atoms with Crippen molar-refractivity contribution in [2.75, 3.05) is 28.7 Å². The molecule has 1 N–H and O–H groups in total. The summed E-state index contributed by atoms with van der Waals surface area (Å²) in [6.07, 6.45) is 0.141. The minimum atomic E-state index is -0.0586. The number of carbonyl (C=O) groups excluding carboxylic acids is 1. The number of carbonyl (C=O) groups is 1. The summed E-state index contributed by atoms with van der Waals surface area (Å²) in [5, 5.41) is 5.39. The molecule has 4 nitrogen and oxygen atoms in total. The van der Waals surface area contributed by atoms with Gasteiger partial charge in [-0.3, -0.25) is 4.79 Å². The lowest BCUT2D eigenvalue weighted by Gasteiger charge is -2.39. The largest absolute Gasteiger partial charge is 0.354 e. The molecule has 146 valence electrons. The highest BCUT2D eigenvalue weighted by atomic mass is 16.1. The number of hydrogen-bond donors (Lipinski definition) is 1. The Bertz CT molecular complexity index is 983. The van der Waals surface area contributed by atoms with Gasteiger partial charge < -0.3 is 15.1 Å². The van der Waals surface area contributed by atoms with Crippen molar-refractivity contribution in [3.05, 3.63) is 66.2 Å². The summed E-state index contributed by atoms with van der Waals surface area (Å²) in [7, 11) is 2.15. The molecule has 0 aliphatic heterocycles. The lowest BCUT2D eigenvalue weighted by molar-refractivity contribution is -0.114. The molecule has 0 saturated heterocycles. The third-order valence-electron chi connectivity index (χ3n) is 5.31. The maximum atomic E-state index is 11.4. The van der Waals surface area contributed by atoms with Crippen LogP contribution in [0.25, 0.3) is 10.8 Å². The molecule has 0 bridgehead atoms. The molecule has 3 aromatic carbocycles. The van der Waals surface area contributed by atoms with Crippen LogP contribution >= 0.6 is 0 Å². The Hall–Kier alpha value is -3.01. The standard InChI is InChI=1S/C24H29N3O/c1-6-27(22-12-9-11-21(16-22)25-18(3)28)19(4)26(5)24-17(2)14-15-20-10-7-8-13-23(20)24/h7-16,19H,6H2,1-5H3,(H,25,28). The summed E-state index contributed by atoms with van der Waals surface area (Å²) in [5.41, 5.74) is 4.42. The monoisotopic (exact) mass is 375 g/mol. The van der Waals surface area contributed by atoms with Crippen LogP contribution in [-0.2, 0) is 4.79 Å². The third kappa shape index (κ3) is 3.96. The summed E-state index contributed by atoms with van der Waals surface area (Å²) in [6, 6.07) is 20.9. The zero-order valence-electron chi connectivity index (χ0n) is 17.4. The summed E-state index contributed by atoms with van der Waals surface area (Å²) >= 11 is 0. The van der Waals surface area contributed by atoms with Gasteiger partial charge in [-0.1, -0.05) is 42.5 Å². The van der Waals surface area contributed by atoms with E-state index in [1.54, 1.807) is 0 Å². The van der Waals surface area contributed by atoms with Crippen molar-refractivity contribution in [3.8, 4) is 0 Å². The first-order chi connectivity index (χ1) is 13.4. The molecular weight excluding hydrogens is 346 g/mol. The molecule has 1 unspecified atom stereocenters. The number of anilines is 3. The van der Waals surface area contributed by atoms with Crippen molar-refractivity contribution < 1.29 is 4.79 Å². The Balaban J connectivity index is 1.97. The maximum absolute atomic E-state index is 11.4. The van der Waals surface area contributed by atoms with Gasteiger partial charge in [-0.15, -0.1) is 0 Å². The molecule has 1 atom stereocenters. The zero-order chi connectivity index (χ0) is 20.3. The summed E-state index contributed by atoms with van der Waals surface area (Å²) in [5.74, 6) is -0.0586. The average molecular weight is 376 g/mol. The Morgan fingerprint density at radius 1 is 1.07 bits per heavy atom. The number of nitrogens with zero attached hydrogens (tertiary/aromatic N) is 2. The molecule has 1 amide bonds. The smallest absolute Gasteiger partial charge is 0.221 e. The fourth-order valence-electron chi connectivity index (χ4n) is 3.86. The first kappa shape index (κ1) is 19.7. The van der Waals surface area contributed by atoms with Crippen LogP contribution in [0.1, 0.15) is 26.3 Å². The van der Waals surface area contributed by atoms with Gasteiger partial charge in [-0.25, -0.2) is 0 Å². The molecule has 0 spiro atoms. The van der Waals surface area contributed by atoms with E-state index in [1.165, 1.54) is 28.9 Å². The van der Waals surface area contributed by atoms with Crippen LogP contribution in [0, 0.1) is 6.92 Å². The van der Waals surface area contributed by atoms with Crippen LogP contribution in [0.5, 0.6) is 0 Å². The Morgan fingerprint density at radius 3 is 2.54 bits per heavy atom. The van der Waals surface area contributed by atoms with Crippen LogP contribution < -0.4 is 15.1 Å². The van der Waals surface area contributed by atoms with E-state index in [9.17, 15) is 4.79 Å². The summed E-state index contributed by atoms with van der Waals surface area (Å²) < 4.78 is 0. The number of nitrogens with one attached hydrogen (secondary N) is 1. The Kier molecular flexibility index (Phi) is 5.88. The first-order valence-corrected chi connectivity index (χ1v) is 9.78. The maximum Gasteiger partial charge on any atom is 0.221 e. The van der Waals surface area contributed by atoms with Gasteiger partial charge in [0.15, 0.2) is 0 Å². The number of fused-ring (bicyclic) bond motifs is 1. The predicted molar refractivity (Wildman–Crippen MR) is 120 cm³/mol. The minimum absolute atomic E-state index is 0.0586. The minimum Gasteiger partial charge on any atom is -0.354 e. The number of aryl methyl sites for hydroxylation is 1. The quantitative estimate of drug-likeness (QED) is 0.585. The van der Waals surface area contributed by atoms with E-state index < -0.39 is 0 Å². The van der Waals surface area contributed by atoms with Crippen molar-refractivity contribution >= 4 is 33.7 Å². The molecular formula is C24H29N3O. The van der Waals surface area contributed by atoms with E-state index in [-0.39, 0.29) is 12.1 Å². The zero-order valence-corrected chi connectivity index (χ0v) is 17.4. The van der Waals surface area contributed by atoms with Crippen molar-refractivity contribution in [2.24, 2.45) is 0 Å². The lowest BCUT2D eigenvalue weighted by Crippen LogP contribution is -2.45. The number of benzene rings is 3. The van der Waals surface area contributed by atoms with Crippen LogP contribution in [0.15, 0.2) is 60.7 Å².